The molecule has 9 aliphatic rings. The van der Waals surface area contributed by atoms with Gasteiger partial charge in [-0.3, -0.25) is 0 Å². The monoisotopic (exact) mass is 1390 g/mol. The summed E-state index contributed by atoms with van der Waals surface area (Å²) in [5, 5.41) is 20.0. The van der Waals surface area contributed by atoms with Gasteiger partial charge in [-0.1, -0.05) is 83.1 Å². The number of hydrogen-bond acceptors (Lipinski definition) is 14. The molecule has 14 heteroatoms. The highest BCUT2D eigenvalue weighted by molar-refractivity contribution is 5.92. The largest absolute Gasteiger partial charge is 0.493 e. The van der Waals surface area contributed by atoms with Crippen molar-refractivity contribution in [3.8, 4) is 69.6 Å². The van der Waals surface area contributed by atoms with Gasteiger partial charge in [-0.25, -0.2) is 19.9 Å². The summed E-state index contributed by atoms with van der Waals surface area (Å²) in [7, 11) is 6.79. The number of methoxy groups -OCH3 is 4. The lowest BCUT2D eigenvalue weighted by atomic mass is 9.72. The highest BCUT2D eigenvalue weighted by Gasteiger charge is 2.61. The molecule has 4 heterocycles. The fourth-order valence-corrected chi connectivity index (χ4v) is 21.9. The van der Waals surface area contributed by atoms with E-state index in [4.69, 9.17) is 57.8 Å². The predicted octanol–water partition coefficient (Wildman–Crippen LogP) is 20.3. The summed E-state index contributed by atoms with van der Waals surface area (Å²) in [4.78, 5) is 21.1. The number of nitrogens with zero attached hydrogens (tertiary/aromatic N) is 6. The van der Waals surface area contributed by atoms with Crippen LogP contribution in [0.2, 0.25) is 0 Å². The minimum atomic E-state index is -0.652. The van der Waals surface area contributed by atoms with Crippen molar-refractivity contribution in [2.75, 3.05) is 28.4 Å². The van der Waals surface area contributed by atoms with E-state index in [-0.39, 0.29) is 48.7 Å². The van der Waals surface area contributed by atoms with E-state index in [0.29, 0.717) is 34.1 Å². The second-order valence-electron chi connectivity index (χ2n) is 35.8. The molecular weight excluding hydrogens is 1310 g/mol. The Kier molecular flexibility index (Phi) is 13.7. The lowest BCUT2D eigenvalue weighted by Crippen LogP contribution is -2.45. The zero-order valence-corrected chi connectivity index (χ0v) is 64.1. The van der Waals surface area contributed by atoms with E-state index in [2.05, 4.69) is 194 Å². The van der Waals surface area contributed by atoms with E-state index < -0.39 is 12.2 Å². The van der Waals surface area contributed by atoms with Gasteiger partial charge in [0.05, 0.1) is 95.9 Å². The normalized spacial score (nSPS) is 24.4. The Morgan fingerprint density at radius 2 is 0.524 bits per heavy atom. The lowest BCUT2D eigenvalue weighted by Gasteiger charge is -2.38. The molecule has 7 aliphatic carbocycles. The maximum atomic E-state index is 10.0. The molecule has 10 aromatic rings. The van der Waals surface area contributed by atoms with Gasteiger partial charge in [0.25, 0.3) is 0 Å². The second kappa shape index (κ2) is 21.5. The first kappa shape index (κ1) is 66.8. The Morgan fingerprint density at radius 3 is 0.838 bits per heavy atom. The van der Waals surface area contributed by atoms with E-state index in [9.17, 15) is 10.5 Å². The van der Waals surface area contributed by atoms with E-state index >= 15 is 0 Å². The lowest BCUT2D eigenvalue weighted by molar-refractivity contribution is 0.0647. The Hall–Kier alpha value is -10.2. The second-order valence-corrected chi connectivity index (χ2v) is 35.8. The number of benzene rings is 8. The van der Waals surface area contributed by atoms with Crippen LogP contribution in [0, 0.1) is 36.5 Å². The topological polar surface area (TPSA) is 173 Å². The number of nitriles is 2. The molecular formula is C91H90N6O8. The Balaban J connectivity index is 0.000000171. The van der Waals surface area contributed by atoms with E-state index in [1.54, 1.807) is 28.4 Å². The maximum Gasteiger partial charge on any atom is 0.176 e. The highest BCUT2D eigenvalue weighted by atomic mass is 16.6. The van der Waals surface area contributed by atoms with Crippen LogP contribution in [0.15, 0.2) is 119 Å². The van der Waals surface area contributed by atoms with Crippen molar-refractivity contribution in [3.63, 3.8) is 0 Å². The molecule has 532 valence electrons. The van der Waals surface area contributed by atoms with Crippen LogP contribution < -0.4 is 37.9 Å². The van der Waals surface area contributed by atoms with Gasteiger partial charge in [0, 0.05) is 28.4 Å². The summed E-state index contributed by atoms with van der Waals surface area (Å²) in [5.41, 5.74) is 26.7. The third-order valence-corrected chi connectivity index (χ3v) is 26.4. The number of hydrogen-bond donors (Lipinski definition) is 0. The molecule has 0 radical (unpaired) electrons. The van der Waals surface area contributed by atoms with Crippen LogP contribution in [-0.4, -0.2) is 60.6 Å². The Bertz CT molecular complexity index is 5820. The summed E-state index contributed by atoms with van der Waals surface area (Å²) in [6, 6.07) is 39.8. The van der Waals surface area contributed by atoms with Crippen molar-refractivity contribution in [3.05, 3.63) is 197 Å². The average molecular weight is 1400 g/mol. The molecule has 0 fully saturated rings. The molecule has 19 rings (SSSR count). The molecule has 2 aliphatic heterocycles. The Labute approximate surface area is 614 Å². The molecule has 5 unspecified atom stereocenters. The number of ether oxygens (including phenoxy) is 8. The first-order valence-electron chi connectivity index (χ1n) is 37.0. The van der Waals surface area contributed by atoms with Gasteiger partial charge in [-0.2, -0.15) is 10.5 Å². The summed E-state index contributed by atoms with van der Waals surface area (Å²) < 4.78 is 49.9. The van der Waals surface area contributed by atoms with Crippen LogP contribution in [0.1, 0.15) is 213 Å². The number of rotatable bonds is 4. The molecule has 5 atom stereocenters. The standard InChI is InChI=1S/C58H56N4O4.C33H34N2O4/c1-29-13-39-40(14-30(29)2)60-43-17-35-31(15-41(43)59-39)53(3,4)25-57(35)26-54(5,6)32-16-42-44(18-36(32)57)62-46-24-52-51(23-45(46)61-42)65-49-20-34-38(22-50(49)66-52)58(28-56(34,9)10)27-55(7,8)33-19-47(63-11)48(64-12)21-37(33)58;1-17-18(2)20(14-35)30-29(19(17)13-34)38-27-10-22-24(12-28(27)39-30)33(16-32(22,5)6)15-31(3,4)21-9-25(36-7)26(37-8)11-23(21)33/h13-24H,25-28H2,1-12H3;9-12,29-30H,15-16H2,1-8H3. The number of fused-ring (bicyclic) bond motifs is 20. The van der Waals surface area contributed by atoms with Crippen molar-refractivity contribution in [2.45, 2.75) is 210 Å². The molecule has 3 spiro atoms. The average Bonchev–Trinajstić information content (AvgIpc) is 1.53. The van der Waals surface area contributed by atoms with Crippen molar-refractivity contribution in [1.82, 2.24) is 19.9 Å². The van der Waals surface area contributed by atoms with Gasteiger partial charge >= 0.3 is 0 Å². The quantitative estimate of drug-likeness (QED) is 0.152. The van der Waals surface area contributed by atoms with E-state index in [1.165, 1.54) is 77.9 Å². The van der Waals surface area contributed by atoms with Gasteiger partial charge in [-0.15, -0.1) is 0 Å². The fraction of sp³-hybridized carbons (Fsp3) is 0.407. The maximum absolute atomic E-state index is 10.0. The SMILES string of the molecule is COc1cc2c(cc1OC)C1(CC2(C)C)CC(C)(C)c2cc3c(cc21)OC1C(C#N)=C(C)C(C)=C(C#N)C1O3.COc1cc2c(cc1OC)C1(CC2(C)C)CC(C)(C)c2cc3c(cc21)Oc1cc2nc4cc5c(cc4nc2cc1O3)C(C)(C)CC51CC(C)(C)c2cc3nc4cc(C)c(C)cc4nc3cc21. The fourth-order valence-electron chi connectivity index (χ4n) is 21.9. The third-order valence-electron chi connectivity index (χ3n) is 26.4. The first-order chi connectivity index (χ1) is 49.6. The van der Waals surface area contributed by atoms with Crippen molar-refractivity contribution >= 4 is 44.1 Å². The van der Waals surface area contributed by atoms with Crippen molar-refractivity contribution < 1.29 is 37.9 Å². The van der Waals surface area contributed by atoms with Gasteiger partial charge in [-0.05, 0) is 273 Å². The molecule has 0 saturated heterocycles. The summed E-state index contributed by atoms with van der Waals surface area (Å²) >= 11 is 0. The number of allylic oxidation sites excluding steroid dienone is 2. The molecule has 0 amide bonds. The van der Waals surface area contributed by atoms with Gasteiger partial charge in [0.15, 0.2) is 69.7 Å². The highest BCUT2D eigenvalue weighted by Crippen LogP contribution is 2.69. The third kappa shape index (κ3) is 9.16. The van der Waals surface area contributed by atoms with Crippen LogP contribution in [0.3, 0.4) is 0 Å². The number of aromatic nitrogens is 4. The van der Waals surface area contributed by atoms with Crippen LogP contribution in [0.4, 0.5) is 0 Å². The van der Waals surface area contributed by atoms with Crippen LogP contribution in [0.25, 0.3) is 44.1 Å². The zero-order chi connectivity index (χ0) is 73.9. The minimum Gasteiger partial charge on any atom is -0.493 e. The summed E-state index contributed by atoms with van der Waals surface area (Å²) in [6.07, 6.45) is 4.51. The van der Waals surface area contributed by atoms with Crippen LogP contribution in [-0.2, 0) is 48.7 Å². The molecule has 0 bridgehead atoms. The summed E-state index contributed by atoms with van der Waals surface area (Å²) in [5.74, 6) is 6.99. The molecule has 8 aromatic carbocycles. The zero-order valence-electron chi connectivity index (χ0n) is 64.1. The smallest absolute Gasteiger partial charge is 0.176 e. The van der Waals surface area contributed by atoms with Gasteiger partial charge in [0.2, 0.25) is 0 Å². The molecule has 0 saturated carbocycles. The molecule has 2 aromatic heterocycles. The van der Waals surface area contributed by atoms with Crippen molar-refractivity contribution in [1.29, 1.82) is 10.5 Å². The van der Waals surface area contributed by atoms with Crippen molar-refractivity contribution in [2.24, 2.45) is 0 Å². The van der Waals surface area contributed by atoms with Crippen LogP contribution in [0.5, 0.6) is 57.5 Å². The van der Waals surface area contributed by atoms with Gasteiger partial charge < -0.3 is 37.9 Å². The van der Waals surface area contributed by atoms with E-state index in [0.717, 1.165) is 128 Å². The van der Waals surface area contributed by atoms with Crippen LogP contribution >= 0.6 is 0 Å². The molecule has 105 heavy (non-hydrogen) atoms. The van der Waals surface area contributed by atoms with E-state index in [1.807, 2.05) is 26.0 Å². The Morgan fingerprint density at radius 1 is 0.305 bits per heavy atom. The molecule has 0 N–H and O–H groups in total. The molecule has 14 nitrogen and oxygen atoms in total. The van der Waals surface area contributed by atoms with Gasteiger partial charge in [0.1, 0.15) is 0 Å². The minimum absolute atomic E-state index is 0.0644. The predicted molar refractivity (Wildman–Crippen MR) is 409 cm³/mol. The first-order valence-corrected chi connectivity index (χ1v) is 37.0. The summed E-state index contributed by atoms with van der Waals surface area (Å²) in [6.45, 7) is 36.2. The number of aryl methyl sites for hydroxylation is 2.